The van der Waals surface area contributed by atoms with Gasteiger partial charge in [0, 0.05) is 11.8 Å². The Morgan fingerprint density at radius 2 is 2.00 bits per heavy atom. The van der Waals surface area contributed by atoms with Crippen LogP contribution in [-0.4, -0.2) is 28.8 Å². The molecular formula is C15H19NO3S. The summed E-state index contributed by atoms with van der Waals surface area (Å²) < 4.78 is 0. The number of hydrogen-bond acceptors (Lipinski definition) is 3. The molecule has 4 nitrogen and oxygen atoms in total. The molecule has 2 N–H and O–H groups in total. The Hall–Kier alpha value is -1.49. The fourth-order valence-electron chi connectivity index (χ4n) is 2.44. The average Bonchev–Trinajstić information content (AvgIpc) is 2.88. The van der Waals surface area contributed by atoms with Crippen molar-refractivity contribution in [2.75, 3.05) is 5.75 Å². The van der Waals surface area contributed by atoms with Gasteiger partial charge in [0.15, 0.2) is 0 Å². The van der Waals surface area contributed by atoms with Crippen LogP contribution in [0.5, 0.6) is 0 Å². The van der Waals surface area contributed by atoms with Crippen molar-refractivity contribution < 1.29 is 14.7 Å². The van der Waals surface area contributed by atoms with Gasteiger partial charge >= 0.3 is 5.97 Å². The van der Waals surface area contributed by atoms with Crippen molar-refractivity contribution in [2.45, 2.75) is 31.1 Å². The zero-order chi connectivity index (χ0) is 14.4. The quantitative estimate of drug-likeness (QED) is 0.844. The Morgan fingerprint density at radius 1 is 1.25 bits per heavy atom. The minimum Gasteiger partial charge on any atom is -0.481 e. The lowest BCUT2D eigenvalue weighted by molar-refractivity contribution is -0.141. The second-order valence-corrected chi connectivity index (χ2v) is 6.08. The highest BCUT2D eigenvalue weighted by molar-refractivity contribution is 7.99. The van der Waals surface area contributed by atoms with E-state index in [1.807, 2.05) is 30.3 Å². The molecule has 1 fully saturated rings. The normalized spacial score (nSPS) is 21.6. The summed E-state index contributed by atoms with van der Waals surface area (Å²) in [6, 6.07) is 10.1. The van der Waals surface area contributed by atoms with Gasteiger partial charge in [0.1, 0.15) is 0 Å². The Labute approximate surface area is 123 Å². The van der Waals surface area contributed by atoms with Gasteiger partial charge in [-0.25, -0.2) is 0 Å². The number of hydrogen-bond donors (Lipinski definition) is 2. The van der Waals surface area contributed by atoms with E-state index in [1.54, 1.807) is 11.8 Å². The number of aliphatic carboxylic acids is 1. The van der Waals surface area contributed by atoms with Gasteiger partial charge in [-0.1, -0.05) is 30.3 Å². The van der Waals surface area contributed by atoms with E-state index in [4.69, 9.17) is 5.11 Å². The lowest BCUT2D eigenvalue weighted by Crippen LogP contribution is -2.34. The molecule has 0 aliphatic heterocycles. The van der Waals surface area contributed by atoms with Crippen molar-refractivity contribution in [3.8, 4) is 0 Å². The molecule has 1 saturated carbocycles. The predicted octanol–water partition coefficient (Wildman–Crippen LogP) is 2.29. The molecule has 1 aromatic rings. The zero-order valence-corrected chi connectivity index (χ0v) is 12.1. The summed E-state index contributed by atoms with van der Waals surface area (Å²) in [4.78, 5) is 22.6. The molecule has 0 aromatic heterocycles. The highest BCUT2D eigenvalue weighted by Gasteiger charge is 2.30. The van der Waals surface area contributed by atoms with Gasteiger partial charge in [0.2, 0.25) is 5.91 Å². The van der Waals surface area contributed by atoms with Gasteiger partial charge in [0.25, 0.3) is 0 Å². The SMILES string of the molecule is O=C(CSCc1ccccc1)NC1CCC(C(=O)O)C1. The van der Waals surface area contributed by atoms with Gasteiger partial charge in [-0.2, -0.15) is 0 Å². The van der Waals surface area contributed by atoms with E-state index in [0.717, 1.165) is 12.2 Å². The zero-order valence-electron chi connectivity index (χ0n) is 11.2. The third-order valence-electron chi connectivity index (χ3n) is 3.49. The molecule has 1 amide bonds. The van der Waals surface area contributed by atoms with E-state index in [-0.39, 0.29) is 17.9 Å². The van der Waals surface area contributed by atoms with E-state index < -0.39 is 5.97 Å². The first-order chi connectivity index (χ1) is 9.65. The Kier molecular flexibility index (Phi) is 5.47. The van der Waals surface area contributed by atoms with Crippen molar-refractivity contribution in [3.05, 3.63) is 35.9 Å². The molecule has 2 atom stereocenters. The number of thioether (sulfide) groups is 1. The van der Waals surface area contributed by atoms with Crippen LogP contribution in [0.25, 0.3) is 0 Å². The van der Waals surface area contributed by atoms with E-state index in [0.29, 0.717) is 18.6 Å². The van der Waals surface area contributed by atoms with Gasteiger partial charge < -0.3 is 10.4 Å². The summed E-state index contributed by atoms with van der Waals surface area (Å²) in [5.41, 5.74) is 1.21. The second-order valence-electron chi connectivity index (χ2n) is 5.09. The number of carboxylic acid groups (broad SMARTS) is 1. The number of carboxylic acids is 1. The van der Waals surface area contributed by atoms with Crippen LogP contribution in [0.4, 0.5) is 0 Å². The third-order valence-corrected chi connectivity index (χ3v) is 4.50. The maximum Gasteiger partial charge on any atom is 0.306 e. The van der Waals surface area contributed by atoms with Crippen molar-refractivity contribution in [1.29, 1.82) is 0 Å². The maximum atomic E-state index is 11.8. The predicted molar refractivity (Wildman–Crippen MR) is 79.5 cm³/mol. The molecule has 20 heavy (non-hydrogen) atoms. The average molecular weight is 293 g/mol. The molecule has 1 aliphatic carbocycles. The van der Waals surface area contributed by atoms with Crippen LogP contribution in [0.2, 0.25) is 0 Å². The third kappa shape index (κ3) is 4.56. The van der Waals surface area contributed by atoms with Crippen LogP contribution >= 0.6 is 11.8 Å². The summed E-state index contributed by atoms with van der Waals surface area (Å²) in [5, 5.41) is 11.8. The van der Waals surface area contributed by atoms with Crippen molar-refractivity contribution in [3.63, 3.8) is 0 Å². The smallest absolute Gasteiger partial charge is 0.306 e. The molecular weight excluding hydrogens is 274 g/mol. The minimum absolute atomic E-state index is 0.00182. The summed E-state index contributed by atoms with van der Waals surface area (Å²) in [7, 11) is 0. The Bertz CT molecular complexity index is 463. The molecule has 0 radical (unpaired) electrons. The van der Waals surface area contributed by atoms with Crippen LogP contribution in [0, 0.1) is 5.92 Å². The topological polar surface area (TPSA) is 66.4 Å². The van der Waals surface area contributed by atoms with E-state index >= 15 is 0 Å². The maximum absolute atomic E-state index is 11.8. The van der Waals surface area contributed by atoms with E-state index in [2.05, 4.69) is 5.32 Å². The number of carbonyl (C=O) groups excluding carboxylic acids is 1. The highest BCUT2D eigenvalue weighted by atomic mass is 32.2. The standard InChI is InChI=1S/C15H19NO3S/c17-14(10-20-9-11-4-2-1-3-5-11)16-13-7-6-12(8-13)15(18)19/h1-5,12-13H,6-10H2,(H,16,17)(H,18,19). The molecule has 2 unspecified atom stereocenters. The molecule has 0 saturated heterocycles. The summed E-state index contributed by atoms with van der Waals surface area (Å²) in [6.07, 6.45) is 1.99. The molecule has 2 rings (SSSR count). The van der Waals surface area contributed by atoms with Gasteiger partial charge in [-0.3, -0.25) is 9.59 Å². The first-order valence-corrected chi connectivity index (χ1v) is 7.94. The van der Waals surface area contributed by atoms with Crippen molar-refractivity contribution in [1.82, 2.24) is 5.32 Å². The number of nitrogens with one attached hydrogen (secondary N) is 1. The van der Waals surface area contributed by atoms with Gasteiger partial charge in [-0.15, -0.1) is 11.8 Å². The summed E-state index contributed by atoms with van der Waals surface area (Å²) >= 11 is 1.58. The van der Waals surface area contributed by atoms with Crippen LogP contribution < -0.4 is 5.32 Å². The molecule has 1 aromatic carbocycles. The van der Waals surface area contributed by atoms with Crippen LogP contribution in [0.15, 0.2) is 30.3 Å². The number of carbonyl (C=O) groups is 2. The molecule has 108 valence electrons. The van der Waals surface area contributed by atoms with Gasteiger partial charge in [-0.05, 0) is 24.8 Å². The monoisotopic (exact) mass is 293 g/mol. The van der Waals surface area contributed by atoms with E-state index in [9.17, 15) is 9.59 Å². The van der Waals surface area contributed by atoms with Crippen LogP contribution in [0.1, 0.15) is 24.8 Å². The van der Waals surface area contributed by atoms with Gasteiger partial charge in [0.05, 0.1) is 11.7 Å². The largest absolute Gasteiger partial charge is 0.481 e. The number of amides is 1. The van der Waals surface area contributed by atoms with Crippen molar-refractivity contribution >= 4 is 23.6 Å². The fourth-order valence-corrected chi connectivity index (χ4v) is 3.24. The summed E-state index contributed by atoms with van der Waals surface area (Å²) in [5.74, 6) is 0.194. The number of benzene rings is 1. The van der Waals surface area contributed by atoms with E-state index in [1.165, 1.54) is 5.56 Å². The molecule has 0 heterocycles. The number of rotatable bonds is 6. The molecule has 0 bridgehead atoms. The van der Waals surface area contributed by atoms with Crippen LogP contribution in [-0.2, 0) is 15.3 Å². The molecule has 5 heteroatoms. The molecule has 0 spiro atoms. The first-order valence-electron chi connectivity index (χ1n) is 6.79. The second kappa shape index (κ2) is 7.33. The lowest BCUT2D eigenvalue weighted by Gasteiger charge is -2.12. The minimum atomic E-state index is -0.750. The Morgan fingerprint density at radius 3 is 2.65 bits per heavy atom. The Balaban J connectivity index is 1.65. The summed E-state index contributed by atoms with van der Waals surface area (Å²) in [6.45, 7) is 0. The molecule has 1 aliphatic rings. The lowest BCUT2D eigenvalue weighted by atomic mass is 10.1. The fraction of sp³-hybridized carbons (Fsp3) is 0.467. The first kappa shape index (κ1) is 14.9. The highest BCUT2D eigenvalue weighted by Crippen LogP contribution is 2.25. The van der Waals surface area contributed by atoms with Crippen LogP contribution in [0.3, 0.4) is 0 Å². The van der Waals surface area contributed by atoms with Crippen molar-refractivity contribution in [2.24, 2.45) is 5.92 Å².